The van der Waals surface area contributed by atoms with Crippen molar-refractivity contribution in [3.63, 3.8) is 0 Å². The fraction of sp³-hybridized carbons (Fsp3) is 0.333. The van der Waals surface area contributed by atoms with E-state index in [2.05, 4.69) is 15.3 Å². The summed E-state index contributed by atoms with van der Waals surface area (Å²) in [6.45, 7) is 1.50. The van der Waals surface area contributed by atoms with Crippen LogP contribution in [0, 0.1) is 0 Å². The van der Waals surface area contributed by atoms with Crippen LogP contribution >= 0.6 is 0 Å². The monoisotopic (exact) mass is 232 g/mol. The highest BCUT2D eigenvalue weighted by Crippen LogP contribution is 2.11. The minimum atomic E-state index is 0.735. The van der Waals surface area contributed by atoms with Crippen molar-refractivity contribution in [2.75, 3.05) is 19.0 Å². The SMILES string of the molecule is CNCc1cnc(N(C)Cc2ccoc2)cn1. The molecule has 0 aliphatic carbocycles. The number of nitrogens with zero attached hydrogens (tertiary/aromatic N) is 3. The second kappa shape index (κ2) is 5.45. The Morgan fingerprint density at radius 1 is 1.35 bits per heavy atom. The van der Waals surface area contributed by atoms with Gasteiger partial charge in [-0.3, -0.25) is 4.98 Å². The summed E-state index contributed by atoms with van der Waals surface area (Å²) in [6, 6.07) is 1.94. The normalized spacial score (nSPS) is 10.5. The van der Waals surface area contributed by atoms with Gasteiger partial charge in [0.25, 0.3) is 0 Å². The van der Waals surface area contributed by atoms with Crippen molar-refractivity contribution in [2.45, 2.75) is 13.1 Å². The summed E-state index contributed by atoms with van der Waals surface area (Å²) in [7, 11) is 3.87. The van der Waals surface area contributed by atoms with Gasteiger partial charge in [0.15, 0.2) is 0 Å². The van der Waals surface area contributed by atoms with Crippen LogP contribution in [-0.2, 0) is 13.1 Å². The van der Waals surface area contributed by atoms with Crippen LogP contribution in [0.15, 0.2) is 35.4 Å². The molecule has 1 N–H and O–H groups in total. The molecule has 2 aromatic heterocycles. The van der Waals surface area contributed by atoms with Gasteiger partial charge in [0.05, 0.1) is 30.6 Å². The number of aromatic nitrogens is 2. The van der Waals surface area contributed by atoms with Gasteiger partial charge < -0.3 is 14.6 Å². The molecule has 0 aromatic carbocycles. The Morgan fingerprint density at radius 2 is 2.24 bits per heavy atom. The van der Waals surface area contributed by atoms with Gasteiger partial charge in [-0.25, -0.2) is 4.98 Å². The molecule has 2 heterocycles. The first-order chi connectivity index (χ1) is 8.29. The first-order valence-electron chi connectivity index (χ1n) is 5.47. The summed E-state index contributed by atoms with van der Waals surface area (Å²) in [5.41, 5.74) is 2.06. The van der Waals surface area contributed by atoms with Gasteiger partial charge in [-0.15, -0.1) is 0 Å². The maximum absolute atomic E-state index is 5.03. The molecule has 0 aliphatic heterocycles. The molecular formula is C12H16N4O. The largest absolute Gasteiger partial charge is 0.472 e. The molecule has 5 nitrogen and oxygen atoms in total. The Labute approximate surface area is 100 Å². The Morgan fingerprint density at radius 3 is 2.82 bits per heavy atom. The smallest absolute Gasteiger partial charge is 0.147 e. The van der Waals surface area contributed by atoms with Crippen LogP contribution in [0.5, 0.6) is 0 Å². The molecule has 0 unspecified atom stereocenters. The molecule has 90 valence electrons. The number of anilines is 1. The highest BCUT2D eigenvalue weighted by Gasteiger charge is 2.05. The van der Waals surface area contributed by atoms with Gasteiger partial charge in [0, 0.05) is 25.7 Å². The van der Waals surface area contributed by atoms with E-state index in [-0.39, 0.29) is 0 Å². The van der Waals surface area contributed by atoms with Crippen molar-refractivity contribution in [1.82, 2.24) is 15.3 Å². The lowest BCUT2D eigenvalue weighted by molar-refractivity contribution is 0.563. The Bertz CT molecular complexity index is 438. The van der Waals surface area contributed by atoms with Crippen molar-refractivity contribution in [1.29, 1.82) is 0 Å². The van der Waals surface area contributed by atoms with Gasteiger partial charge in [-0.2, -0.15) is 0 Å². The van der Waals surface area contributed by atoms with Crippen molar-refractivity contribution < 1.29 is 4.42 Å². The lowest BCUT2D eigenvalue weighted by Crippen LogP contribution is -2.18. The van der Waals surface area contributed by atoms with E-state index in [4.69, 9.17) is 4.42 Å². The number of hydrogen-bond donors (Lipinski definition) is 1. The molecule has 0 radical (unpaired) electrons. The highest BCUT2D eigenvalue weighted by atomic mass is 16.3. The van der Waals surface area contributed by atoms with Gasteiger partial charge in [0.1, 0.15) is 5.82 Å². The van der Waals surface area contributed by atoms with Crippen LogP contribution in [0.3, 0.4) is 0 Å². The van der Waals surface area contributed by atoms with Gasteiger partial charge in [-0.05, 0) is 13.1 Å². The molecule has 0 saturated heterocycles. The number of nitrogens with one attached hydrogen (secondary N) is 1. The van der Waals surface area contributed by atoms with E-state index < -0.39 is 0 Å². The molecule has 0 aliphatic rings. The van der Waals surface area contributed by atoms with E-state index >= 15 is 0 Å². The second-order valence-corrected chi connectivity index (χ2v) is 3.88. The van der Waals surface area contributed by atoms with Crippen LogP contribution in [-0.4, -0.2) is 24.1 Å². The van der Waals surface area contributed by atoms with Gasteiger partial charge >= 0.3 is 0 Å². The summed E-state index contributed by atoms with van der Waals surface area (Å²) in [6.07, 6.45) is 6.98. The summed E-state index contributed by atoms with van der Waals surface area (Å²) < 4.78 is 5.03. The van der Waals surface area contributed by atoms with E-state index in [9.17, 15) is 0 Å². The Hall–Kier alpha value is -1.88. The second-order valence-electron chi connectivity index (χ2n) is 3.88. The van der Waals surface area contributed by atoms with E-state index in [0.717, 1.165) is 30.2 Å². The lowest BCUT2D eigenvalue weighted by Gasteiger charge is -2.16. The minimum absolute atomic E-state index is 0.735. The maximum Gasteiger partial charge on any atom is 0.147 e. The molecule has 0 atom stereocenters. The van der Waals surface area contributed by atoms with Crippen LogP contribution in [0.25, 0.3) is 0 Å². The third-order valence-corrected chi connectivity index (χ3v) is 2.44. The average molecular weight is 232 g/mol. The predicted molar refractivity (Wildman–Crippen MR) is 65.6 cm³/mol. The van der Waals surface area contributed by atoms with Crippen molar-refractivity contribution in [2.24, 2.45) is 0 Å². The van der Waals surface area contributed by atoms with Crippen molar-refractivity contribution in [3.8, 4) is 0 Å². The number of rotatable bonds is 5. The average Bonchev–Trinajstić information content (AvgIpc) is 2.83. The maximum atomic E-state index is 5.03. The molecule has 5 heteroatoms. The topological polar surface area (TPSA) is 54.2 Å². The van der Waals surface area contributed by atoms with Crippen molar-refractivity contribution in [3.05, 3.63) is 42.2 Å². The Kier molecular flexibility index (Phi) is 3.72. The molecular weight excluding hydrogens is 216 g/mol. The number of hydrogen-bond acceptors (Lipinski definition) is 5. The standard InChI is InChI=1S/C12H16N4O/c1-13-5-11-6-15-12(7-14-11)16(2)8-10-3-4-17-9-10/h3-4,6-7,9,13H,5,8H2,1-2H3. The van der Waals surface area contributed by atoms with Crippen molar-refractivity contribution >= 4 is 5.82 Å². The molecule has 0 amide bonds. The first kappa shape index (κ1) is 11.6. The van der Waals surface area contributed by atoms with E-state index in [1.807, 2.05) is 25.1 Å². The van der Waals surface area contributed by atoms with E-state index in [1.165, 1.54) is 0 Å². The third-order valence-electron chi connectivity index (χ3n) is 2.44. The van der Waals surface area contributed by atoms with Crippen LogP contribution in [0.2, 0.25) is 0 Å². The van der Waals surface area contributed by atoms with E-state index in [1.54, 1.807) is 24.9 Å². The summed E-state index contributed by atoms with van der Waals surface area (Å²) in [4.78, 5) is 10.7. The highest BCUT2D eigenvalue weighted by molar-refractivity contribution is 5.35. The summed E-state index contributed by atoms with van der Waals surface area (Å²) in [5.74, 6) is 0.853. The number of furan rings is 1. The molecule has 0 fully saturated rings. The summed E-state index contributed by atoms with van der Waals surface area (Å²) in [5, 5.41) is 3.04. The summed E-state index contributed by atoms with van der Waals surface area (Å²) >= 11 is 0. The first-order valence-corrected chi connectivity index (χ1v) is 5.47. The van der Waals surface area contributed by atoms with Crippen LogP contribution in [0.1, 0.15) is 11.3 Å². The fourth-order valence-corrected chi connectivity index (χ4v) is 1.55. The minimum Gasteiger partial charge on any atom is -0.472 e. The zero-order chi connectivity index (χ0) is 12.1. The zero-order valence-electron chi connectivity index (χ0n) is 10.1. The Balaban J connectivity index is 2.01. The lowest BCUT2D eigenvalue weighted by atomic mass is 10.3. The quantitative estimate of drug-likeness (QED) is 0.845. The van der Waals surface area contributed by atoms with Gasteiger partial charge in [0.2, 0.25) is 0 Å². The van der Waals surface area contributed by atoms with Crippen LogP contribution < -0.4 is 10.2 Å². The fourth-order valence-electron chi connectivity index (χ4n) is 1.55. The molecule has 0 spiro atoms. The molecule has 0 bridgehead atoms. The molecule has 0 saturated carbocycles. The molecule has 2 aromatic rings. The molecule has 2 rings (SSSR count). The van der Waals surface area contributed by atoms with Crippen LogP contribution in [0.4, 0.5) is 5.82 Å². The van der Waals surface area contributed by atoms with Gasteiger partial charge in [-0.1, -0.05) is 0 Å². The third kappa shape index (κ3) is 3.04. The predicted octanol–water partition coefficient (Wildman–Crippen LogP) is 1.43. The van der Waals surface area contributed by atoms with E-state index in [0.29, 0.717) is 0 Å². The molecule has 17 heavy (non-hydrogen) atoms. The zero-order valence-corrected chi connectivity index (χ0v) is 10.1.